The van der Waals surface area contributed by atoms with E-state index >= 15 is 0 Å². The Hall–Kier alpha value is -2.43. The fourth-order valence-electron chi connectivity index (χ4n) is 1.79. The van der Waals surface area contributed by atoms with Crippen LogP contribution in [0.3, 0.4) is 0 Å². The van der Waals surface area contributed by atoms with Crippen LogP contribution in [0.2, 0.25) is 0 Å². The highest BCUT2D eigenvalue weighted by atomic mass is 19.1. The number of aromatic nitrogens is 1. The Morgan fingerprint density at radius 3 is 2.75 bits per heavy atom. The molecule has 0 radical (unpaired) electrons. The molecule has 2 aromatic rings. The lowest BCUT2D eigenvalue weighted by Gasteiger charge is -2.13. The molecule has 0 saturated heterocycles. The molecule has 1 N–H and O–H groups in total. The second kappa shape index (κ2) is 6.14. The van der Waals surface area contributed by atoms with Crippen molar-refractivity contribution in [3.05, 3.63) is 59.7 Å². The number of halogens is 1. The van der Waals surface area contributed by atoms with Crippen LogP contribution in [0, 0.1) is 5.82 Å². The summed E-state index contributed by atoms with van der Waals surface area (Å²) in [6.07, 6.45) is 1.66. The van der Waals surface area contributed by atoms with E-state index in [-0.39, 0.29) is 23.3 Å². The van der Waals surface area contributed by atoms with Crippen molar-refractivity contribution in [1.29, 1.82) is 0 Å². The van der Waals surface area contributed by atoms with Crippen molar-refractivity contribution in [2.75, 3.05) is 7.11 Å². The largest absolute Gasteiger partial charge is 0.494 e. The van der Waals surface area contributed by atoms with Gasteiger partial charge in [-0.25, -0.2) is 4.39 Å². The third kappa shape index (κ3) is 3.12. The number of pyridine rings is 1. The Balaban J connectivity index is 2.10. The van der Waals surface area contributed by atoms with Gasteiger partial charge < -0.3 is 10.1 Å². The molecule has 1 atom stereocenters. The lowest BCUT2D eigenvalue weighted by atomic mass is 10.1. The predicted molar refractivity (Wildman–Crippen MR) is 73.1 cm³/mol. The highest BCUT2D eigenvalue weighted by Crippen LogP contribution is 2.18. The van der Waals surface area contributed by atoms with Gasteiger partial charge in [-0.15, -0.1) is 0 Å². The van der Waals surface area contributed by atoms with Crippen LogP contribution in [-0.4, -0.2) is 18.0 Å². The molecule has 4 nitrogen and oxygen atoms in total. The number of hydrogen-bond donors (Lipinski definition) is 1. The molecule has 1 heterocycles. The van der Waals surface area contributed by atoms with E-state index in [1.54, 1.807) is 12.3 Å². The topological polar surface area (TPSA) is 51.2 Å². The summed E-state index contributed by atoms with van der Waals surface area (Å²) in [4.78, 5) is 16.2. The van der Waals surface area contributed by atoms with E-state index in [1.807, 2.05) is 19.1 Å². The molecule has 1 amide bonds. The van der Waals surface area contributed by atoms with Crippen LogP contribution >= 0.6 is 0 Å². The van der Waals surface area contributed by atoms with Crippen LogP contribution in [0.25, 0.3) is 0 Å². The summed E-state index contributed by atoms with van der Waals surface area (Å²) < 4.78 is 18.4. The molecule has 0 bridgehead atoms. The fraction of sp³-hybridized carbons (Fsp3) is 0.200. The first-order valence-corrected chi connectivity index (χ1v) is 6.17. The fourth-order valence-corrected chi connectivity index (χ4v) is 1.79. The number of rotatable bonds is 4. The highest BCUT2D eigenvalue weighted by molar-refractivity contribution is 5.94. The van der Waals surface area contributed by atoms with Crippen LogP contribution < -0.4 is 10.1 Å². The Kier molecular flexibility index (Phi) is 4.30. The molecule has 2 rings (SSSR count). The molecule has 5 heteroatoms. The van der Waals surface area contributed by atoms with E-state index in [1.165, 1.54) is 19.2 Å². The quantitative estimate of drug-likeness (QED) is 0.932. The van der Waals surface area contributed by atoms with Crippen LogP contribution in [-0.2, 0) is 0 Å². The minimum atomic E-state index is -0.564. The number of hydrogen-bond acceptors (Lipinski definition) is 3. The molecule has 0 saturated carbocycles. The standard InChI is InChI=1S/C15H15FN2O2/c1-10(13-5-3-4-8-17-13)18-15(19)11-6-7-14(20-2)12(16)9-11/h3-10H,1-2H3,(H,18,19). The summed E-state index contributed by atoms with van der Waals surface area (Å²) in [5.74, 6) is -0.810. The number of nitrogens with zero attached hydrogens (tertiary/aromatic N) is 1. The SMILES string of the molecule is COc1ccc(C(=O)NC(C)c2ccccn2)cc1F. The van der Waals surface area contributed by atoms with Gasteiger partial charge in [-0.3, -0.25) is 9.78 Å². The van der Waals surface area contributed by atoms with Crippen LogP contribution in [0.15, 0.2) is 42.6 Å². The van der Waals surface area contributed by atoms with E-state index in [2.05, 4.69) is 10.3 Å². The van der Waals surface area contributed by atoms with Gasteiger partial charge in [0.05, 0.1) is 18.8 Å². The average molecular weight is 274 g/mol. The van der Waals surface area contributed by atoms with E-state index < -0.39 is 5.82 Å². The number of benzene rings is 1. The number of carbonyl (C=O) groups excluding carboxylic acids is 1. The molecule has 0 fully saturated rings. The van der Waals surface area contributed by atoms with Gasteiger partial charge in [-0.2, -0.15) is 0 Å². The van der Waals surface area contributed by atoms with Gasteiger partial charge in [-0.05, 0) is 37.3 Å². The third-order valence-corrected chi connectivity index (χ3v) is 2.89. The van der Waals surface area contributed by atoms with E-state index in [0.29, 0.717) is 0 Å². The second-order valence-corrected chi connectivity index (χ2v) is 4.30. The molecule has 1 aromatic heterocycles. The lowest BCUT2D eigenvalue weighted by molar-refractivity contribution is 0.0938. The van der Waals surface area contributed by atoms with Crippen molar-refractivity contribution in [2.45, 2.75) is 13.0 Å². The maximum atomic E-state index is 13.6. The summed E-state index contributed by atoms with van der Waals surface area (Å²) in [5.41, 5.74) is 0.987. The number of ether oxygens (including phenoxy) is 1. The first kappa shape index (κ1) is 14.0. The molecule has 0 aliphatic carbocycles. The Labute approximate surface area is 116 Å². The molecule has 20 heavy (non-hydrogen) atoms. The Morgan fingerprint density at radius 2 is 2.15 bits per heavy atom. The van der Waals surface area contributed by atoms with Gasteiger partial charge in [0.1, 0.15) is 0 Å². The van der Waals surface area contributed by atoms with Gasteiger partial charge in [0.2, 0.25) is 0 Å². The van der Waals surface area contributed by atoms with Crippen molar-refractivity contribution in [3.63, 3.8) is 0 Å². The number of nitrogens with one attached hydrogen (secondary N) is 1. The van der Waals surface area contributed by atoms with E-state index in [0.717, 1.165) is 11.8 Å². The van der Waals surface area contributed by atoms with Crippen molar-refractivity contribution < 1.29 is 13.9 Å². The van der Waals surface area contributed by atoms with Crippen LogP contribution in [0.1, 0.15) is 29.0 Å². The van der Waals surface area contributed by atoms with Gasteiger partial charge in [0, 0.05) is 11.8 Å². The summed E-state index contributed by atoms with van der Waals surface area (Å²) in [6, 6.07) is 9.31. The molecule has 1 unspecified atom stereocenters. The Morgan fingerprint density at radius 1 is 1.35 bits per heavy atom. The minimum absolute atomic E-state index is 0.110. The molecule has 1 aromatic carbocycles. The maximum Gasteiger partial charge on any atom is 0.251 e. The summed E-state index contributed by atoms with van der Waals surface area (Å²) >= 11 is 0. The second-order valence-electron chi connectivity index (χ2n) is 4.30. The summed E-state index contributed by atoms with van der Waals surface area (Å²) in [6.45, 7) is 1.82. The maximum absolute atomic E-state index is 13.6. The molecule has 104 valence electrons. The van der Waals surface area contributed by atoms with Crippen molar-refractivity contribution in [3.8, 4) is 5.75 Å². The highest BCUT2D eigenvalue weighted by Gasteiger charge is 2.14. The zero-order valence-electron chi connectivity index (χ0n) is 11.3. The van der Waals surface area contributed by atoms with Gasteiger partial charge >= 0.3 is 0 Å². The van der Waals surface area contributed by atoms with E-state index in [9.17, 15) is 9.18 Å². The summed E-state index contributed by atoms with van der Waals surface area (Å²) in [5, 5.41) is 2.77. The zero-order valence-corrected chi connectivity index (χ0v) is 11.3. The number of carbonyl (C=O) groups is 1. The van der Waals surface area contributed by atoms with Crippen molar-refractivity contribution >= 4 is 5.91 Å². The first-order chi connectivity index (χ1) is 9.61. The molecular formula is C15H15FN2O2. The predicted octanol–water partition coefficient (Wildman–Crippen LogP) is 2.72. The first-order valence-electron chi connectivity index (χ1n) is 6.17. The minimum Gasteiger partial charge on any atom is -0.494 e. The summed E-state index contributed by atoms with van der Waals surface area (Å²) in [7, 11) is 1.38. The monoisotopic (exact) mass is 274 g/mol. The Bertz CT molecular complexity index is 602. The van der Waals surface area contributed by atoms with E-state index in [4.69, 9.17) is 4.74 Å². The van der Waals surface area contributed by atoms with Gasteiger partial charge in [0.25, 0.3) is 5.91 Å². The number of amides is 1. The van der Waals surface area contributed by atoms with Crippen LogP contribution in [0.5, 0.6) is 5.75 Å². The van der Waals surface area contributed by atoms with Crippen molar-refractivity contribution in [1.82, 2.24) is 10.3 Å². The molecule has 0 aliphatic heterocycles. The normalized spacial score (nSPS) is 11.8. The molecular weight excluding hydrogens is 259 g/mol. The smallest absolute Gasteiger partial charge is 0.251 e. The van der Waals surface area contributed by atoms with Crippen LogP contribution in [0.4, 0.5) is 4.39 Å². The van der Waals surface area contributed by atoms with Gasteiger partial charge in [-0.1, -0.05) is 6.07 Å². The molecule has 0 spiro atoms. The number of methoxy groups -OCH3 is 1. The molecule has 0 aliphatic rings. The third-order valence-electron chi connectivity index (χ3n) is 2.89. The van der Waals surface area contributed by atoms with Gasteiger partial charge in [0.15, 0.2) is 11.6 Å². The zero-order chi connectivity index (χ0) is 14.5. The van der Waals surface area contributed by atoms with Crippen molar-refractivity contribution in [2.24, 2.45) is 0 Å². The lowest BCUT2D eigenvalue weighted by Crippen LogP contribution is -2.27. The average Bonchev–Trinajstić information content (AvgIpc) is 2.48.